The molecule has 282 valence electrons. The molecule has 0 N–H and O–H groups in total. The maximum atomic E-state index is 6.78. The van der Waals surface area contributed by atoms with Crippen molar-refractivity contribution in [2.24, 2.45) is 0 Å². The average Bonchev–Trinajstić information content (AvgIpc) is 3.71. The molecule has 0 fully saturated rings. The molecule has 13 rings (SSSR count). The van der Waals surface area contributed by atoms with Gasteiger partial charge in [0, 0.05) is 27.5 Å². The van der Waals surface area contributed by atoms with Crippen molar-refractivity contribution in [3.05, 3.63) is 200 Å². The number of aromatic nitrogens is 3. The molecule has 0 aliphatic rings. The fourth-order valence-corrected chi connectivity index (χ4v) is 9.64. The summed E-state index contributed by atoms with van der Waals surface area (Å²) in [6.07, 6.45) is 0. The number of benzene rings is 11. The SMILES string of the molecule is c1ccc(-c2nc(-c3ccccc3)nc(-c3ccc(-c4cccc5oc6cc7c8cc9c%10ccccc%10c%10ccccc%10c9cc8c8ccccc8c7cc6c45)cc3)n2)cc1. The Morgan fingerprint density at radius 3 is 1.08 bits per heavy atom. The molecule has 0 unspecified atom stereocenters. The van der Waals surface area contributed by atoms with Crippen LogP contribution in [-0.2, 0) is 0 Å². The van der Waals surface area contributed by atoms with E-state index in [1.54, 1.807) is 0 Å². The molecule has 4 nitrogen and oxygen atoms in total. The van der Waals surface area contributed by atoms with Gasteiger partial charge in [-0.15, -0.1) is 0 Å². The lowest BCUT2D eigenvalue weighted by Crippen LogP contribution is -2.00. The van der Waals surface area contributed by atoms with Gasteiger partial charge in [0.25, 0.3) is 0 Å². The first-order chi connectivity index (χ1) is 30.2. The first-order valence-corrected chi connectivity index (χ1v) is 20.7. The molecule has 0 radical (unpaired) electrons. The van der Waals surface area contributed by atoms with Crippen molar-refractivity contribution >= 4 is 86.6 Å². The van der Waals surface area contributed by atoms with Gasteiger partial charge in [0.1, 0.15) is 11.2 Å². The van der Waals surface area contributed by atoms with Gasteiger partial charge in [0.2, 0.25) is 0 Å². The summed E-state index contributed by atoms with van der Waals surface area (Å²) in [6, 6.07) is 71.0. The molecule has 4 heteroatoms. The lowest BCUT2D eigenvalue weighted by molar-refractivity contribution is 0.669. The number of furan rings is 1. The van der Waals surface area contributed by atoms with Crippen molar-refractivity contribution in [1.82, 2.24) is 15.0 Å². The largest absolute Gasteiger partial charge is 0.456 e. The maximum absolute atomic E-state index is 6.78. The van der Waals surface area contributed by atoms with E-state index >= 15 is 0 Å². The maximum Gasteiger partial charge on any atom is 0.164 e. The van der Waals surface area contributed by atoms with E-state index in [2.05, 4.69) is 140 Å². The van der Waals surface area contributed by atoms with E-state index in [9.17, 15) is 0 Å². The number of fused-ring (bicyclic) bond motifs is 15. The highest BCUT2D eigenvalue weighted by Gasteiger charge is 2.19. The second kappa shape index (κ2) is 13.2. The predicted octanol–water partition coefficient (Wildman–Crippen LogP) is 15.4. The van der Waals surface area contributed by atoms with Crippen molar-refractivity contribution in [1.29, 1.82) is 0 Å². The summed E-state index contributed by atoms with van der Waals surface area (Å²) in [4.78, 5) is 14.8. The van der Waals surface area contributed by atoms with Gasteiger partial charge in [0.15, 0.2) is 17.5 Å². The number of hydrogen-bond acceptors (Lipinski definition) is 4. The zero-order chi connectivity index (χ0) is 40.0. The minimum absolute atomic E-state index is 0.630. The lowest BCUT2D eigenvalue weighted by Gasteiger charge is -2.15. The number of rotatable bonds is 4. The van der Waals surface area contributed by atoms with E-state index in [1.807, 2.05) is 60.7 Å². The van der Waals surface area contributed by atoms with Gasteiger partial charge in [-0.05, 0) is 106 Å². The Balaban J connectivity index is 1.00. The average molecular weight is 776 g/mol. The normalized spacial score (nSPS) is 11.9. The van der Waals surface area contributed by atoms with Crippen LogP contribution in [0.15, 0.2) is 205 Å². The van der Waals surface area contributed by atoms with Crippen LogP contribution < -0.4 is 0 Å². The van der Waals surface area contributed by atoms with Crippen LogP contribution in [0.2, 0.25) is 0 Å². The van der Waals surface area contributed by atoms with Crippen molar-refractivity contribution in [2.75, 3.05) is 0 Å². The van der Waals surface area contributed by atoms with Crippen LogP contribution in [0.1, 0.15) is 0 Å². The molecule has 0 aliphatic carbocycles. The van der Waals surface area contributed by atoms with E-state index in [4.69, 9.17) is 19.4 Å². The molecule has 0 saturated carbocycles. The molecule has 11 aromatic carbocycles. The molecule has 0 amide bonds. The van der Waals surface area contributed by atoms with E-state index in [0.29, 0.717) is 17.5 Å². The van der Waals surface area contributed by atoms with Gasteiger partial charge in [-0.25, -0.2) is 15.0 Å². The molecule has 0 atom stereocenters. The van der Waals surface area contributed by atoms with Crippen LogP contribution in [0.25, 0.3) is 132 Å². The zero-order valence-corrected chi connectivity index (χ0v) is 32.8. The fourth-order valence-electron chi connectivity index (χ4n) is 9.64. The summed E-state index contributed by atoms with van der Waals surface area (Å²) in [5.41, 5.74) is 6.75. The second-order valence-electron chi connectivity index (χ2n) is 15.9. The second-order valence-corrected chi connectivity index (χ2v) is 15.9. The molecular formula is C57H33N3O. The first kappa shape index (κ1) is 33.7. The summed E-state index contributed by atoms with van der Waals surface area (Å²) in [6.45, 7) is 0. The third-order valence-electron chi connectivity index (χ3n) is 12.5. The highest BCUT2D eigenvalue weighted by atomic mass is 16.3. The molecule has 2 aromatic heterocycles. The van der Waals surface area contributed by atoms with Crippen molar-refractivity contribution in [2.45, 2.75) is 0 Å². The van der Waals surface area contributed by atoms with Gasteiger partial charge in [-0.2, -0.15) is 0 Å². The Kier molecular flexibility index (Phi) is 7.27. The highest BCUT2D eigenvalue weighted by Crippen LogP contribution is 2.45. The summed E-state index contributed by atoms with van der Waals surface area (Å²) < 4.78 is 6.78. The van der Waals surface area contributed by atoms with Crippen LogP contribution in [-0.4, -0.2) is 15.0 Å². The van der Waals surface area contributed by atoms with Gasteiger partial charge in [-0.1, -0.05) is 170 Å². The van der Waals surface area contributed by atoms with Crippen LogP contribution in [0.5, 0.6) is 0 Å². The van der Waals surface area contributed by atoms with Crippen molar-refractivity contribution < 1.29 is 4.42 Å². The van der Waals surface area contributed by atoms with Gasteiger partial charge in [-0.3, -0.25) is 0 Å². The predicted molar refractivity (Wildman–Crippen MR) is 254 cm³/mol. The Hall–Kier alpha value is -8.21. The van der Waals surface area contributed by atoms with Crippen LogP contribution in [0.3, 0.4) is 0 Å². The van der Waals surface area contributed by atoms with Gasteiger partial charge in [0.05, 0.1) is 0 Å². The Morgan fingerprint density at radius 1 is 0.246 bits per heavy atom. The molecule has 2 heterocycles. The standard InChI is InChI=1S/C57H33N3O/c1-3-14-35(15-4-1)55-58-56(36-16-5-2-6-17-36)60-57(59-55)37-28-26-34(27-29-37)38-24-13-25-52-54(38)51-32-48-44-23-12-11-22-43(44)47-30-45-41-20-9-7-18-39(41)40-19-8-10-21-42(40)46(45)31-49(47)50(48)33-53(51)61-52/h1-33H. The van der Waals surface area contributed by atoms with Gasteiger partial charge < -0.3 is 4.42 Å². The quantitative estimate of drug-likeness (QED) is 0.132. The summed E-state index contributed by atoms with van der Waals surface area (Å²) in [5.74, 6) is 1.92. The molecular weight excluding hydrogens is 743 g/mol. The Morgan fingerprint density at radius 2 is 0.607 bits per heavy atom. The highest BCUT2D eigenvalue weighted by molar-refractivity contribution is 6.34. The summed E-state index contributed by atoms with van der Waals surface area (Å²) in [7, 11) is 0. The van der Waals surface area contributed by atoms with Crippen LogP contribution in [0, 0.1) is 0 Å². The van der Waals surface area contributed by atoms with Crippen molar-refractivity contribution in [3.63, 3.8) is 0 Å². The fraction of sp³-hybridized carbons (Fsp3) is 0. The minimum Gasteiger partial charge on any atom is -0.456 e. The van der Waals surface area contributed by atoms with Crippen LogP contribution in [0.4, 0.5) is 0 Å². The molecule has 0 aliphatic heterocycles. The molecule has 0 spiro atoms. The van der Waals surface area contributed by atoms with E-state index in [0.717, 1.165) is 49.8 Å². The first-order valence-electron chi connectivity index (χ1n) is 20.7. The molecule has 0 bridgehead atoms. The van der Waals surface area contributed by atoms with E-state index < -0.39 is 0 Å². The zero-order valence-electron chi connectivity index (χ0n) is 32.8. The summed E-state index contributed by atoms with van der Waals surface area (Å²) >= 11 is 0. The molecule has 13 aromatic rings. The number of hydrogen-bond donors (Lipinski definition) is 0. The Labute approximate surface area is 350 Å². The monoisotopic (exact) mass is 775 g/mol. The third-order valence-corrected chi connectivity index (χ3v) is 12.5. The van der Waals surface area contributed by atoms with Crippen molar-refractivity contribution in [3.8, 4) is 45.3 Å². The number of nitrogens with zero attached hydrogens (tertiary/aromatic N) is 3. The van der Waals surface area contributed by atoms with Crippen LogP contribution >= 0.6 is 0 Å². The summed E-state index contributed by atoms with van der Waals surface area (Å²) in [5, 5.41) is 17.2. The van der Waals surface area contributed by atoms with Gasteiger partial charge >= 0.3 is 0 Å². The third kappa shape index (κ3) is 5.22. The molecule has 0 saturated heterocycles. The lowest BCUT2D eigenvalue weighted by atomic mass is 9.88. The van der Waals surface area contributed by atoms with E-state index in [1.165, 1.54) is 64.6 Å². The topological polar surface area (TPSA) is 51.8 Å². The molecule has 61 heavy (non-hydrogen) atoms. The minimum atomic E-state index is 0.630. The van der Waals surface area contributed by atoms with E-state index in [-0.39, 0.29) is 0 Å². The smallest absolute Gasteiger partial charge is 0.164 e. The Bertz CT molecular complexity index is 3850.